The average Bonchev–Trinajstić information content (AvgIpc) is 3.36. The molecule has 5 nitrogen and oxygen atoms in total. The van der Waals surface area contributed by atoms with Crippen molar-refractivity contribution < 1.29 is 14.3 Å². The van der Waals surface area contributed by atoms with Crippen LogP contribution in [0.1, 0.15) is 22.3 Å². The Kier molecular flexibility index (Phi) is 4.99. The molecule has 2 aromatic carbocycles. The fraction of sp³-hybridized carbons (Fsp3) is 0.333. The zero-order chi connectivity index (χ0) is 18.8. The SMILES string of the molecule is COc1ccc(CC2CCN(C(=O)c3ccc4ncsc4c3)C2)cc1OC. The maximum atomic E-state index is 12.9. The van der Waals surface area contributed by atoms with Crippen LogP contribution in [0.15, 0.2) is 41.9 Å². The number of rotatable bonds is 5. The third-order valence-corrected chi connectivity index (χ3v) is 5.92. The molecule has 6 heteroatoms. The molecule has 2 heterocycles. The summed E-state index contributed by atoms with van der Waals surface area (Å²) in [6.45, 7) is 1.59. The molecule has 1 fully saturated rings. The number of methoxy groups -OCH3 is 2. The number of fused-ring (bicyclic) bond motifs is 1. The Morgan fingerprint density at radius 3 is 2.85 bits per heavy atom. The Balaban J connectivity index is 1.43. The number of likely N-dealkylation sites (tertiary alicyclic amines) is 1. The lowest BCUT2D eigenvalue weighted by atomic mass is 9.98. The summed E-state index contributed by atoms with van der Waals surface area (Å²) in [6, 6.07) is 11.8. The van der Waals surface area contributed by atoms with Gasteiger partial charge in [0.25, 0.3) is 5.91 Å². The average molecular weight is 382 g/mol. The van der Waals surface area contributed by atoms with Crippen molar-refractivity contribution in [1.82, 2.24) is 9.88 Å². The molecule has 0 spiro atoms. The highest BCUT2D eigenvalue weighted by molar-refractivity contribution is 7.16. The maximum absolute atomic E-state index is 12.9. The molecule has 0 radical (unpaired) electrons. The first-order chi connectivity index (χ1) is 13.2. The number of nitrogens with zero attached hydrogens (tertiary/aromatic N) is 2. The highest BCUT2D eigenvalue weighted by atomic mass is 32.1. The molecule has 1 aliphatic heterocycles. The number of amides is 1. The molecule has 1 amide bonds. The fourth-order valence-electron chi connectivity index (χ4n) is 3.70. The predicted molar refractivity (Wildman–Crippen MR) is 107 cm³/mol. The van der Waals surface area contributed by atoms with Gasteiger partial charge in [0.1, 0.15) is 0 Å². The van der Waals surface area contributed by atoms with Crippen molar-refractivity contribution in [2.45, 2.75) is 12.8 Å². The molecular formula is C21H22N2O3S. The van der Waals surface area contributed by atoms with Crippen LogP contribution in [-0.2, 0) is 6.42 Å². The summed E-state index contributed by atoms with van der Waals surface area (Å²) in [7, 11) is 3.29. The minimum Gasteiger partial charge on any atom is -0.493 e. The van der Waals surface area contributed by atoms with Crippen molar-refractivity contribution in [1.29, 1.82) is 0 Å². The van der Waals surface area contributed by atoms with E-state index in [1.165, 1.54) is 5.56 Å². The molecule has 1 aromatic heterocycles. The van der Waals surface area contributed by atoms with Gasteiger partial charge < -0.3 is 14.4 Å². The van der Waals surface area contributed by atoms with E-state index < -0.39 is 0 Å². The second kappa shape index (κ2) is 7.56. The van der Waals surface area contributed by atoms with Crippen molar-refractivity contribution in [3.05, 3.63) is 53.0 Å². The monoisotopic (exact) mass is 382 g/mol. The molecular weight excluding hydrogens is 360 g/mol. The molecule has 27 heavy (non-hydrogen) atoms. The summed E-state index contributed by atoms with van der Waals surface area (Å²) in [5.41, 5.74) is 4.72. The second-order valence-electron chi connectivity index (χ2n) is 6.83. The number of ether oxygens (including phenoxy) is 2. The van der Waals surface area contributed by atoms with E-state index in [0.717, 1.165) is 53.2 Å². The highest BCUT2D eigenvalue weighted by Crippen LogP contribution is 2.30. The lowest BCUT2D eigenvalue weighted by Crippen LogP contribution is -2.28. The smallest absolute Gasteiger partial charge is 0.253 e. The summed E-state index contributed by atoms with van der Waals surface area (Å²) < 4.78 is 11.8. The first-order valence-corrected chi connectivity index (χ1v) is 9.89. The van der Waals surface area contributed by atoms with Crippen LogP contribution in [0.4, 0.5) is 0 Å². The summed E-state index contributed by atoms with van der Waals surface area (Å²) in [5, 5.41) is 0. The first-order valence-electron chi connectivity index (χ1n) is 9.01. The Morgan fingerprint density at radius 1 is 1.19 bits per heavy atom. The summed E-state index contributed by atoms with van der Waals surface area (Å²) in [6.07, 6.45) is 1.95. The Labute approximate surface area is 162 Å². The Morgan fingerprint density at radius 2 is 2.04 bits per heavy atom. The van der Waals surface area contributed by atoms with E-state index in [1.807, 2.05) is 40.7 Å². The zero-order valence-electron chi connectivity index (χ0n) is 15.5. The zero-order valence-corrected chi connectivity index (χ0v) is 16.3. The normalized spacial score (nSPS) is 16.7. The van der Waals surface area contributed by atoms with Crippen LogP contribution in [0.25, 0.3) is 10.2 Å². The molecule has 0 aliphatic carbocycles. The van der Waals surface area contributed by atoms with Crippen molar-refractivity contribution in [3.8, 4) is 11.5 Å². The quantitative estimate of drug-likeness (QED) is 0.669. The number of carbonyl (C=O) groups is 1. The maximum Gasteiger partial charge on any atom is 0.253 e. The summed E-state index contributed by atoms with van der Waals surface area (Å²) in [5.74, 6) is 2.06. The molecule has 4 rings (SSSR count). The van der Waals surface area contributed by atoms with E-state index in [2.05, 4.69) is 11.1 Å². The Bertz CT molecular complexity index is 969. The van der Waals surface area contributed by atoms with Crippen LogP contribution in [0.3, 0.4) is 0 Å². The van der Waals surface area contributed by atoms with Crippen molar-refractivity contribution in [2.24, 2.45) is 5.92 Å². The van der Waals surface area contributed by atoms with Crippen molar-refractivity contribution in [3.63, 3.8) is 0 Å². The van der Waals surface area contributed by atoms with Crippen molar-refractivity contribution in [2.75, 3.05) is 27.3 Å². The van der Waals surface area contributed by atoms with Crippen LogP contribution in [0, 0.1) is 5.92 Å². The Hall–Kier alpha value is -2.60. The standard InChI is InChI=1S/C21H22N2O3S/c1-25-18-6-3-14(10-19(18)26-2)9-15-7-8-23(12-15)21(24)16-4-5-17-20(11-16)27-13-22-17/h3-6,10-11,13,15H,7-9,12H2,1-2H3. The van der Waals surface area contributed by atoms with Gasteiger partial charge in [0.05, 0.1) is 29.9 Å². The third kappa shape index (κ3) is 3.62. The molecule has 140 valence electrons. The van der Waals surface area contributed by atoms with Crippen LogP contribution >= 0.6 is 11.3 Å². The van der Waals surface area contributed by atoms with E-state index in [-0.39, 0.29) is 5.91 Å². The minimum atomic E-state index is 0.111. The predicted octanol–water partition coefficient (Wildman–Crippen LogP) is 4.02. The van der Waals surface area contributed by atoms with Gasteiger partial charge in [-0.15, -0.1) is 11.3 Å². The lowest BCUT2D eigenvalue weighted by molar-refractivity contribution is 0.0787. The van der Waals surface area contributed by atoms with E-state index in [4.69, 9.17) is 9.47 Å². The molecule has 0 N–H and O–H groups in total. The number of hydrogen-bond acceptors (Lipinski definition) is 5. The third-order valence-electron chi connectivity index (χ3n) is 5.12. The van der Waals surface area contributed by atoms with E-state index >= 15 is 0 Å². The van der Waals surface area contributed by atoms with Gasteiger partial charge in [0.15, 0.2) is 11.5 Å². The number of carbonyl (C=O) groups excluding carboxylic acids is 1. The summed E-state index contributed by atoms with van der Waals surface area (Å²) in [4.78, 5) is 19.1. The van der Waals surface area contributed by atoms with E-state index in [1.54, 1.807) is 25.6 Å². The van der Waals surface area contributed by atoms with E-state index in [0.29, 0.717) is 5.92 Å². The minimum absolute atomic E-state index is 0.111. The molecule has 3 aromatic rings. The van der Waals surface area contributed by atoms with Crippen LogP contribution < -0.4 is 9.47 Å². The van der Waals surface area contributed by atoms with Gasteiger partial charge in [-0.3, -0.25) is 4.79 Å². The number of aromatic nitrogens is 1. The first kappa shape index (κ1) is 17.8. The number of thiazole rings is 1. The molecule has 1 saturated heterocycles. The highest BCUT2D eigenvalue weighted by Gasteiger charge is 2.27. The summed E-state index contributed by atoms with van der Waals surface area (Å²) >= 11 is 1.57. The van der Waals surface area contributed by atoms with Gasteiger partial charge in [-0.25, -0.2) is 4.98 Å². The van der Waals surface area contributed by atoms with Gasteiger partial charge in [-0.05, 0) is 54.7 Å². The van der Waals surface area contributed by atoms with Gasteiger partial charge in [-0.2, -0.15) is 0 Å². The lowest BCUT2D eigenvalue weighted by Gasteiger charge is -2.17. The molecule has 0 bridgehead atoms. The van der Waals surface area contributed by atoms with Crippen LogP contribution in [0.5, 0.6) is 11.5 Å². The number of benzene rings is 2. The molecule has 1 unspecified atom stereocenters. The molecule has 1 aliphatic rings. The molecule has 0 saturated carbocycles. The number of hydrogen-bond donors (Lipinski definition) is 0. The van der Waals surface area contributed by atoms with E-state index in [9.17, 15) is 4.79 Å². The van der Waals surface area contributed by atoms with Gasteiger partial charge >= 0.3 is 0 Å². The second-order valence-corrected chi connectivity index (χ2v) is 7.72. The van der Waals surface area contributed by atoms with Gasteiger partial charge in [0, 0.05) is 18.7 Å². The fourth-order valence-corrected chi connectivity index (χ4v) is 4.41. The van der Waals surface area contributed by atoms with Crippen molar-refractivity contribution >= 4 is 27.5 Å². The largest absolute Gasteiger partial charge is 0.493 e. The van der Waals surface area contributed by atoms with Gasteiger partial charge in [0.2, 0.25) is 0 Å². The molecule has 1 atom stereocenters. The van der Waals surface area contributed by atoms with Gasteiger partial charge in [-0.1, -0.05) is 6.07 Å². The van der Waals surface area contributed by atoms with Crippen LogP contribution in [-0.4, -0.2) is 43.1 Å². The topological polar surface area (TPSA) is 51.7 Å². The van der Waals surface area contributed by atoms with Crippen LogP contribution in [0.2, 0.25) is 0 Å².